The molecular formula is C13H20N4O3S. The SMILES string of the molecule is CCC(=O)N1CCCN(S(=O)(=O)c2ccc(N)nc2)CC1. The fourth-order valence-electron chi connectivity index (χ4n) is 2.30. The molecule has 0 aliphatic carbocycles. The summed E-state index contributed by atoms with van der Waals surface area (Å²) in [6.45, 7) is 3.54. The Morgan fingerprint density at radius 2 is 2.05 bits per heavy atom. The lowest BCUT2D eigenvalue weighted by atomic mass is 10.3. The van der Waals surface area contributed by atoms with Crippen molar-refractivity contribution in [2.24, 2.45) is 0 Å². The van der Waals surface area contributed by atoms with Crippen LogP contribution >= 0.6 is 0 Å². The summed E-state index contributed by atoms with van der Waals surface area (Å²) < 4.78 is 26.5. The standard InChI is InChI=1S/C13H20N4O3S/c1-2-13(18)16-6-3-7-17(9-8-16)21(19,20)11-4-5-12(14)15-10-11/h4-5,10H,2-3,6-9H2,1H3,(H2,14,15). The van der Waals surface area contributed by atoms with Gasteiger partial charge in [0.2, 0.25) is 15.9 Å². The third kappa shape index (κ3) is 3.51. The molecule has 0 unspecified atom stereocenters. The van der Waals surface area contributed by atoms with E-state index in [0.717, 1.165) is 0 Å². The maximum Gasteiger partial charge on any atom is 0.244 e. The second-order valence-electron chi connectivity index (χ2n) is 4.91. The maximum absolute atomic E-state index is 12.5. The molecule has 1 aromatic rings. The first kappa shape index (κ1) is 15.7. The monoisotopic (exact) mass is 312 g/mol. The van der Waals surface area contributed by atoms with Gasteiger partial charge in [-0.1, -0.05) is 6.92 Å². The van der Waals surface area contributed by atoms with Crippen molar-refractivity contribution in [3.05, 3.63) is 18.3 Å². The van der Waals surface area contributed by atoms with Gasteiger partial charge in [0.1, 0.15) is 10.7 Å². The molecule has 0 spiro atoms. The number of carbonyl (C=O) groups is 1. The van der Waals surface area contributed by atoms with Crippen LogP contribution in [0.25, 0.3) is 0 Å². The first-order valence-electron chi connectivity index (χ1n) is 6.94. The number of sulfonamides is 1. The summed E-state index contributed by atoms with van der Waals surface area (Å²) in [5.41, 5.74) is 5.48. The molecule has 0 bridgehead atoms. The Hall–Kier alpha value is -1.67. The van der Waals surface area contributed by atoms with E-state index >= 15 is 0 Å². The molecule has 1 aliphatic rings. The molecule has 2 heterocycles. The van der Waals surface area contributed by atoms with Gasteiger partial charge in [-0.25, -0.2) is 13.4 Å². The van der Waals surface area contributed by atoms with Crippen LogP contribution in [0.4, 0.5) is 5.82 Å². The first-order valence-corrected chi connectivity index (χ1v) is 8.38. The summed E-state index contributed by atoms with van der Waals surface area (Å²) in [7, 11) is -3.58. The molecule has 1 aromatic heterocycles. The first-order chi connectivity index (χ1) is 9.95. The molecule has 2 N–H and O–H groups in total. The third-order valence-corrected chi connectivity index (χ3v) is 5.39. The van der Waals surface area contributed by atoms with Crippen molar-refractivity contribution in [3.63, 3.8) is 0 Å². The number of aromatic nitrogens is 1. The van der Waals surface area contributed by atoms with Gasteiger partial charge in [0.15, 0.2) is 0 Å². The second-order valence-corrected chi connectivity index (χ2v) is 6.85. The van der Waals surface area contributed by atoms with Gasteiger partial charge < -0.3 is 10.6 Å². The Morgan fingerprint density at radius 3 is 2.67 bits per heavy atom. The molecule has 0 saturated carbocycles. The molecule has 21 heavy (non-hydrogen) atoms. The number of anilines is 1. The minimum Gasteiger partial charge on any atom is -0.384 e. The number of hydrogen-bond acceptors (Lipinski definition) is 5. The van der Waals surface area contributed by atoms with Gasteiger partial charge in [-0.15, -0.1) is 0 Å². The average Bonchev–Trinajstić information content (AvgIpc) is 2.73. The summed E-state index contributed by atoms with van der Waals surface area (Å²) in [4.78, 5) is 17.4. The van der Waals surface area contributed by atoms with E-state index in [1.54, 1.807) is 4.90 Å². The number of nitrogen functional groups attached to an aromatic ring is 1. The fraction of sp³-hybridized carbons (Fsp3) is 0.538. The van der Waals surface area contributed by atoms with Crippen LogP contribution in [0.15, 0.2) is 23.2 Å². The Kier molecular flexibility index (Phi) is 4.79. The van der Waals surface area contributed by atoms with E-state index in [4.69, 9.17) is 5.73 Å². The minimum atomic E-state index is -3.58. The molecule has 8 heteroatoms. The van der Waals surface area contributed by atoms with Crippen molar-refractivity contribution in [1.82, 2.24) is 14.2 Å². The highest BCUT2D eigenvalue weighted by atomic mass is 32.2. The topological polar surface area (TPSA) is 96.6 Å². The summed E-state index contributed by atoms with van der Waals surface area (Å²) in [5, 5.41) is 0. The van der Waals surface area contributed by atoms with Crippen LogP contribution in [0.3, 0.4) is 0 Å². The van der Waals surface area contributed by atoms with Gasteiger partial charge in [0.05, 0.1) is 0 Å². The van der Waals surface area contributed by atoms with Gasteiger partial charge in [-0.05, 0) is 18.6 Å². The van der Waals surface area contributed by atoms with Crippen LogP contribution in [0.2, 0.25) is 0 Å². The van der Waals surface area contributed by atoms with E-state index in [2.05, 4.69) is 4.98 Å². The molecule has 1 saturated heterocycles. The molecule has 0 aromatic carbocycles. The molecule has 0 atom stereocenters. The smallest absolute Gasteiger partial charge is 0.244 e. The number of amides is 1. The fourth-order valence-corrected chi connectivity index (χ4v) is 3.72. The summed E-state index contributed by atoms with van der Waals surface area (Å²) in [6, 6.07) is 2.93. The molecule has 116 valence electrons. The summed E-state index contributed by atoms with van der Waals surface area (Å²) in [5.74, 6) is 0.341. The number of rotatable bonds is 3. The zero-order valence-electron chi connectivity index (χ0n) is 12.0. The quantitative estimate of drug-likeness (QED) is 0.865. The summed E-state index contributed by atoms with van der Waals surface area (Å²) >= 11 is 0. The molecule has 0 radical (unpaired) electrons. The molecule has 1 amide bonds. The minimum absolute atomic E-state index is 0.0587. The number of hydrogen-bond donors (Lipinski definition) is 1. The van der Waals surface area contributed by atoms with E-state index in [1.165, 1.54) is 22.6 Å². The zero-order valence-corrected chi connectivity index (χ0v) is 12.8. The lowest BCUT2D eigenvalue weighted by Gasteiger charge is -2.21. The molecule has 2 rings (SSSR count). The van der Waals surface area contributed by atoms with Gasteiger partial charge in [-0.2, -0.15) is 4.31 Å². The zero-order chi connectivity index (χ0) is 15.5. The van der Waals surface area contributed by atoms with Crippen LogP contribution in [-0.4, -0.2) is 54.7 Å². The predicted octanol–water partition coefficient (Wildman–Crippen LogP) is 0.297. The van der Waals surface area contributed by atoms with Crippen LogP contribution in [-0.2, 0) is 14.8 Å². The average molecular weight is 312 g/mol. The van der Waals surface area contributed by atoms with Gasteiger partial charge >= 0.3 is 0 Å². The Balaban J connectivity index is 2.14. The number of nitrogens with zero attached hydrogens (tertiary/aromatic N) is 3. The summed E-state index contributed by atoms with van der Waals surface area (Å²) in [6.07, 6.45) is 2.34. The van der Waals surface area contributed by atoms with E-state index in [-0.39, 0.29) is 16.6 Å². The Morgan fingerprint density at radius 1 is 1.29 bits per heavy atom. The number of pyridine rings is 1. The van der Waals surface area contributed by atoms with Gasteiger partial charge in [-0.3, -0.25) is 4.79 Å². The van der Waals surface area contributed by atoms with Crippen molar-refractivity contribution in [3.8, 4) is 0 Å². The third-order valence-electron chi connectivity index (χ3n) is 3.51. The van der Waals surface area contributed by atoms with Crippen LogP contribution < -0.4 is 5.73 Å². The lowest BCUT2D eigenvalue weighted by molar-refractivity contribution is -0.130. The predicted molar refractivity (Wildman–Crippen MR) is 78.9 cm³/mol. The van der Waals surface area contributed by atoms with E-state index < -0.39 is 10.0 Å². The maximum atomic E-state index is 12.5. The van der Waals surface area contributed by atoms with Crippen molar-refractivity contribution in [2.75, 3.05) is 31.9 Å². The van der Waals surface area contributed by atoms with Crippen molar-refractivity contribution in [2.45, 2.75) is 24.7 Å². The Bertz CT molecular complexity index is 600. The highest BCUT2D eigenvalue weighted by Crippen LogP contribution is 2.17. The Labute approximate surface area is 124 Å². The lowest BCUT2D eigenvalue weighted by Crippen LogP contribution is -2.37. The molecule has 1 fully saturated rings. The largest absolute Gasteiger partial charge is 0.384 e. The molecule has 7 nitrogen and oxygen atoms in total. The van der Waals surface area contributed by atoms with Crippen molar-refractivity contribution >= 4 is 21.7 Å². The highest BCUT2D eigenvalue weighted by molar-refractivity contribution is 7.89. The highest BCUT2D eigenvalue weighted by Gasteiger charge is 2.28. The van der Waals surface area contributed by atoms with E-state index in [1.807, 2.05) is 6.92 Å². The van der Waals surface area contributed by atoms with Crippen molar-refractivity contribution < 1.29 is 13.2 Å². The normalized spacial score (nSPS) is 17.5. The van der Waals surface area contributed by atoms with E-state index in [9.17, 15) is 13.2 Å². The molecule has 1 aliphatic heterocycles. The second kappa shape index (κ2) is 6.40. The number of nitrogens with two attached hydrogens (primary N) is 1. The van der Waals surface area contributed by atoms with Crippen LogP contribution in [0.5, 0.6) is 0 Å². The van der Waals surface area contributed by atoms with Crippen LogP contribution in [0, 0.1) is 0 Å². The van der Waals surface area contributed by atoms with Gasteiger partial charge in [0, 0.05) is 38.8 Å². The molecular weight excluding hydrogens is 292 g/mol. The van der Waals surface area contributed by atoms with Crippen LogP contribution in [0.1, 0.15) is 19.8 Å². The van der Waals surface area contributed by atoms with E-state index in [0.29, 0.717) is 39.0 Å². The van der Waals surface area contributed by atoms with Gasteiger partial charge in [0.25, 0.3) is 0 Å². The van der Waals surface area contributed by atoms with Crippen molar-refractivity contribution in [1.29, 1.82) is 0 Å². The number of carbonyl (C=O) groups excluding carboxylic acids is 1.